The first-order valence-electron chi connectivity index (χ1n) is 7.84. The average Bonchev–Trinajstić information content (AvgIpc) is 3.15. The number of anilines is 1. The molecular weight excluding hydrogens is 312 g/mol. The number of carbonyl (C=O) groups is 2. The van der Waals surface area contributed by atoms with E-state index in [-0.39, 0.29) is 17.9 Å². The smallest absolute Gasteiger partial charge is 0.250 e. The van der Waals surface area contributed by atoms with Crippen LogP contribution in [-0.4, -0.2) is 44.2 Å². The predicted octanol–water partition coefficient (Wildman–Crippen LogP) is 2.66. The van der Waals surface area contributed by atoms with Crippen LogP contribution in [0.15, 0.2) is 24.0 Å². The topological polar surface area (TPSA) is 67.2 Å². The van der Waals surface area contributed by atoms with E-state index in [0.717, 1.165) is 6.42 Å². The number of thioether (sulfide) groups is 1. The van der Waals surface area contributed by atoms with Crippen molar-refractivity contribution in [2.45, 2.75) is 46.2 Å². The second-order valence-corrected chi connectivity index (χ2v) is 6.88. The van der Waals surface area contributed by atoms with Gasteiger partial charge in [0, 0.05) is 23.6 Å². The molecule has 6 nitrogen and oxygen atoms in total. The highest BCUT2D eigenvalue weighted by atomic mass is 32.2. The van der Waals surface area contributed by atoms with E-state index in [0.29, 0.717) is 22.9 Å². The number of amides is 2. The molecule has 1 aromatic heterocycles. The van der Waals surface area contributed by atoms with Crippen LogP contribution in [0.1, 0.15) is 40.2 Å². The van der Waals surface area contributed by atoms with Crippen molar-refractivity contribution in [2.24, 2.45) is 0 Å². The third-order valence-corrected chi connectivity index (χ3v) is 4.70. The molecule has 1 unspecified atom stereocenters. The molecule has 23 heavy (non-hydrogen) atoms. The van der Waals surface area contributed by atoms with Gasteiger partial charge in [-0.15, -0.1) is 11.8 Å². The number of allylic oxidation sites excluding steroid dienone is 1. The lowest BCUT2D eigenvalue weighted by atomic mass is 10.2. The summed E-state index contributed by atoms with van der Waals surface area (Å²) in [6.45, 7) is 7.84. The number of aromatic nitrogens is 2. The number of hydrogen-bond donors (Lipinski definition) is 1. The second kappa shape index (κ2) is 7.68. The molecule has 0 spiro atoms. The van der Waals surface area contributed by atoms with Gasteiger partial charge in [-0.05, 0) is 27.2 Å². The zero-order chi connectivity index (χ0) is 17.0. The Balaban J connectivity index is 2.05. The van der Waals surface area contributed by atoms with Crippen LogP contribution < -0.4 is 5.32 Å². The molecule has 126 valence electrons. The fourth-order valence-electron chi connectivity index (χ4n) is 2.39. The Bertz CT molecular complexity index is 609. The summed E-state index contributed by atoms with van der Waals surface area (Å²) in [7, 11) is 0. The van der Waals surface area contributed by atoms with Crippen molar-refractivity contribution >= 4 is 29.3 Å². The summed E-state index contributed by atoms with van der Waals surface area (Å²) in [6, 6.07) is -0.197. The number of nitrogens with zero attached hydrogens (tertiary/aromatic N) is 3. The van der Waals surface area contributed by atoms with E-state index in [4.69, 9.17) is 0 Å². The standard InChI is InChI=1S/C16H24N4O2S/c1-5-6-12(4)16(22)19-10-23-9-14(19)15(21)18-13-7-17-20(8-13)11(2)3/h6-8,11,14H,5,9-10H2,1-4H3,(H,18,21). The van der Waals surface area contributed by atoms with Gasteiger partial charge < -0.3 is 10.2 Å². The Morgan fingerprint density at radius 2 is 2.26 bits per heavy atom. The van der Waals surface area contributed by atoms with Gasteiger partial charge in [0.05, 0.1) is 17.8 Å². The summed E-state index contributed by atoms with van der Waals surface area (Å²) in [5.41, 5.74) is 1.36. The van der Waals surface area contributed by atoms with Crippen LogP contribution in [0.4, 0.5) is 5.69 Å². The van der Waals surface area contributed by atoms with Gasteiger partial charge in [0.15, 0.2) is 0 Å². The van der Waals surface area contributed by atoms with E-state index in [1.54, 1.807) is 40.7 Å². The van der Waals surface area contributed by atoms with Crippen LogP contribution in [0.25, 0.3) is 0 Å². The van der Waals surface area contributed by atoms with Crippen molar-refractivity contribution in [3.8, 4) is 0 Å². The van der Waals surface area contributed by atoms with Gasteiger partial charge in [-0.1, -0.05) is 13.0 Å². The minimum atomic E-state index is -0.435. The summed E-state index contributed by atoms with van der Waals surface area (Å²) in [6.07, 6.45) is 6.14. The fourth-order valence-corrected chi connectivity index (χ4v) is 3.54. The molecule has 1 fully saturated rings. The summed E-state index contributed by atoms with van der Waals surface area (Å²) in [5, 5.41) is 7.08. The Morgan fingerprint density at radius 1 is 1.52 bits per heavy atom. The lowest BCUT2D eigenvalue weighted by molar-refractivity contribution is -0.133. The number of carbonyl (C=O) groups excluding carboxylic acids is 2. The highest BCUT2D eigenvalue weighted by molar-refractivity contribution is 7.99. The molecule has 2 rings (SSSR count). The van der Waals surface area contributed by atoms with Crippen LogP contribution in [-0.2, 0) is 9.59 Å². The molecule has 1 aliphatic heterocycles. The summed E-state index contributed by atoms with van der Waals surface area (Å²) in [4.78, 5) is 26.6. The first-order chi connectivity index (χ1) is 10.9. The Labute approximate surface area is 141 Å². The predicted molar refractivity (Wildman–Crippen MR) is 93.2 cm³/mol. The summed E-state index contributed by atoms with van der Waals surface area (Å²) in [5.74, 6) is 0.956. The molecule has 1 aliphatic rings. The molecular formula is C16H24N4O2S. The van der Waals surface area contributed by atoms with Gasteiger partial charge in [0.2, 0.25) is 5.91 Å². The van der Waals surface area contributed by atoms with Crippen LogP contribution in [0.2, 0.25) is 0 Å². The molecule has 0 aromatic carbocycles. The average molecular weight is 336 g/mol. The Kier molecular flexibility index (Phi) is 5.87. The highest BCUT2D eigenvalue weighted by Crippen LogP contribution is 2.24. The summed E-state index contributed by atoms with van der Waals surface area (Å²) < 4.78 is 1.79. The van der Waals surface area contributed by atoms with E-state index in [9.17, 15) is 9.59 Å². The van der Waals surface area contributed by atoms with Crippen LogP contribution in [0.3, 0.4) is 0 Å². The third-order valence-electron chi connectivity index (χ3n) is 3.69. The lowest BCUT2D eigenvalue weighted by Gasteiger charge is -2.23. The monoisotopic (exact) mass is 336 g/mol. The van der Waals surface area contributed by atoms with Gasteiger partial charge in [-0.25, -0.2) is 0 Å². The van der Waals surface area contributed by atoms with Crippen molar-refractivity contribution < 1.29 is 9.59 Å². The quantitative estimate of drug-likeness (QED) is 0.840. The van der Waals surface area contributed by atoms with Crippen LogP contribution in [0.5, 0.6) is 0 Å². The number of hydrogen-bond acceptors (Lipinski definition) is 4. The molecule has 1 N–H and O–H groups in total. The lowest BCUT2D eigenvalue weighted by Crippen LogP contribution is -2.44. The largest absolute Gasteiger partial charge is 0.322 e. The van der Waals surface area contributed by atoms with E-state index in [1.807, 2.05) is 26.8 Å². The zero-order valence-electron chi connectivity index (χ0n) is 14.1. The maximum Gasteiger partial charge on any atom is 0.250 e. The minimum absolute atomic E-state index is 0.0603. The Hall–Kier alpha value is -1.76. The first kappa shape index (κ1) is 17.6. The van der Waals surface area contributed by atoms with Gasteiger partial charge in [-0.2, -0.15) is 5.10 Å². The molecule has 0 bridgehead atoms. The van der Waals surface area contributed by atoms with Crippen molar-refractivity contribution in [3.05, 3.63) is 24.0 Å². The second-order valence-electron chi connectivity index (χ2n) is 5.88. The van der Waals surface area contributed by atoms with E-state index < -0.39 is 6.04 Å². The summed E-state index contributed by atoms with van der Waals surface area (Å²) >= 11 is 1.60. The van der Waals surface area contributed by atoms with Crippen LogP contribution in [0, 0.1) is 0 Å². The maximum absolute atomic E-state index is 12.5. The third kappa shape index (κ3) is 4.16. The van der Waals surface area contributed by atoms with E-state index in [1.165, 1.54) is 0 Å². The van der Waals surface area contributed by atoms with Gasteiger partial charge >= 0.3 is 0 Å². The van der Waals surface area contributed by atoms with Crippen molar-refractivity contribution in [3.63, 3.8) is 0 Å². The van der Waals surface area contributed by atoms with Gasteiger partial charge in [0.25, 0.3) is 5.91 Å². The van der Waals surface area contributed by atoms with Crippen molar-refractivity contribution in [1.29, 1.82) is 0 Å². The number of nitrogens with one attached hydrogen (secondary N) is 1. The van der Waals surface area contributed by atoms with Crippen molar-refractivity contribution in [1.82, 2.24) is 14.7 Å². The zero-order valence-corrected chi connectivity index (χ0v) is 14.9. The highest BCUT2D eigenvalue weighted by Gasteiger charge is 2.35. The fraction of sp³-hybridized carbons (Fsp3) is 0.562. The Morgan fingerprint density at radius 3 is 2.87 bits per heavy atom. The molecule has 1 saturated heterocycles. The van der Waals surface area contributed by atoms with E-state index >= 15 is 0 Å². The van der Waals surface area contributed by atoms with Crippen molar-refractivity contribution in [2.75, 3.05) is 16.9 Å². The minimum Gasteiger partial charge on any atom is -0.322 e. The molecule has 1 aromatic rings. The molecule has 0 radical (unpaired) electrons. The maximum atomic E-state index is 12.5. The molecule has 1 atom stereocenters. The first-order valence-corrected chi connectivity index (χ1v) is 9.00. The normalized spacial score (nSPS) is 18.6. The van der Waals surface area contributed by atoms with Crippen LogP contribution >= 0.6 is 11.8 Å². The molecule has 2 heterocycles. The van der Waals surface area contributed by atoms with Gasteiger partial charge in [0.1, 0.15) is 6.04 Å². The molecule has 0 aliphatic carbocycles. The molecule has 2 amide bonds. The van der Waals surface area contributed by atoms with E-state index in [2.05, 4.69) is 10.4 Å². The SMILES string of the molecule is CCC=C(C)C(=O)N1CSCC1C(=O)Nc1cnn(C(C)C)c1. The van der Waals surface area contributed by atoms with Gasteiger partial charge in [-0.3, -0.25) is 14.3 Å². The molecule has 0 saturated carbocycles. The molecule has 7 heteroatoms. The number of rotatable bonds is 5.